The number of aromatic nitrogens is 2. The predicted octanol–water partition coefficient (Wildman–Crippen LogP) is 1.92. The molecule has 3 heterocycles. The van der Waals surface area contributed by atoms with E-state index in [0.717, 1.165) is 13.1 Å². The molecule has 1 aromatic heterocycles. The van der Waals surface area contributed by atoms with Gasteiger partial charge in [-0.15, -0.1) is 0 Å². The number of ether oxygens (including phenoxy) is 1. The van der Waals surface area contributed by atoms with E-state index in [4.69, 9.17) is 4.74 Å². The number of aryl methyl sites for hydroxylation is 2. The summed E-state index contributed by atoms with van der Waals surface area (Å²) in [6, 6.07) is 4.89. The van der Waals surface area contributed by atoms with Gasteiger partial charge in [0.25, 0.3) is 11.7 Å². The number of nitrogens with zero attached hydrogens (tertiary/aromatic N) is 3. The molecule has 2 aromatic rings. The number of ketones is 1. The fourth-order valence-electron chi connectivity index (χ4n) is 4.24. The van der Waals surface area contributed by atoms with E-state index in [1.807, 2.05) is 0 Å². The second-order valence-corrected chi connectivity index (χ2v) is 7.81. The average Bonchev–Trinajstić information content (AvgIpc) is 3.23. The van der Waals surface area contributed by atoms with Crippen LogP contribution in [0, 0.1) is 19.7 Å². The molecule has 0 spiro atoms. The summed E-state index contributed by atoms with van der Waals surface area (Å²) in [6.45, 7) is 6.95. The number of hydrogen-bond donors (Lipinski definition) is 2. The first-order valence-corrected chi connectivity index (χ1v) is 10.2. The number of H-pyrrole nitrogens is 1. The number of nitrogens with one attached hydrogen (secondary N) is 1. The summed E-state index contributed by atoms with van der Waals surface area (Å²) in [5, 5.41) is 17.9. The molecule has 2 aliphatic rings. The van der Waals surface area contributed by atoms with Crippen LogP contribution in [0.2, 0.25) is 0 Å². The summed E-state index contributed by atoms with van der Waals surface area (Å²) in [7, 11) is 0. The lowest BCUT2D eigenvalue weighted by molar-refractivity contribution is -0.140. The first-order valence-electron chi connectivity index (χ1n) is 10.2. The first-order chi connectivity index (χ1) is 14.9. The molecule has 2 N–H and O–H groups in total. The Balaban J connectivity index is 1.77. The zero-order valence-electron chi connectivity index (χ0n) is 17.5. The molecule has 2 fully saturated rings. The van der Waals surface area contributed by atoms with Crippen molar-refractivity contribution in [3.63, 3.8) is 0 Å². The Kier molecular flexibility index (Phi) is 5.88. The normalized spacial score (nSPS) is 21.8. The van der Waals surface area contributed by atoms with Crippen LogP contribution in [0.3, 0.4) is 0 Å². The number of benzene rings is 1. The largest absolute Gasteiger partial charge is 0.507 e. The maximum Gasteiger partial charge on any atom is 0.295 e. The predicted molar refractivity (Wildman–Crippen MR) is 111 cm³/mol. The number of halogens is 1. The van der Waals surface area contributed by atoms with E-state index in [0.29, 0.717) is 42.3 Å². The number of amides is 1. The molecule has 8 nitrogen and oxygen atoms in total. The number of Topliss-reactive ketones (excluding diaryl/α,β-unsaturated/α-hetero) is 1. The molecule has 1 aromatic carbocycles. The highest BCUT2D eigenvalue weighted by molar-refractivity contribution is 6.46. The topological polar surface area (TPSA) is 98.8 Å². The number of carbonyl (C=O) groups excluding carboxylic acids is 2. The van der Waals surface area contributed by atoms with Crippen LogP contribution in [0.5, 0.6) is 0 Å². The van der Waals surface area contributed by atoms with Gasteiger partial charge in [-0.3, -0.25) is 19.6 Å². The van der Waals surface area contributed by atoms with Crippen molar-refractivity contribution in [1.29, 1.82) is 0 Å². The van der Waals surface area contributed by atoms with E-state index in [9.17, 15) is 19.1 Å². The smallest absolute Gasteiger partial charge is 0.295 e. The molecule has 1 amide bonds. The summed E-state index contributed by atoms with van der Waals surface area (Å²) >= 11 is 0. The van der Waals surface area contributed by atoms with E-state index in [-0.39, 0.29) is 17.9 Å². The summed E-state index contributed by atoms with van der Waals surface area (Å²) in [5.74, 6) is -2.27. The van der Waals surface area contributed by atoms with E-state index < -0.39 is 23.5 Å². The van der Waals surface area contributed by atoms with Crippen LogP contribution in [0.25, 0.3) is 5.76 Å². The Labute approximate surface area is 179 Å². The standard InChI is InChI=1S/C22H25FN4O4/c1-13-17(14(2)25-24-13)20(28)18-19(15-4-3-5-16(23)12-15)27(22(30)21(18)29)7-6-26-8-10-31-11-9-26/h3-5,12,19,28H,6-11H2,1-2H3,(H,24,25)/b20-18+/t19-/m1/s1. The molecule has 0 radical (unpaired) electrons. The lowest BCUT2D eigenvalue weighted by Gasteiger charge is -2.31. The number of aliphatic hydroxyl groups is 1. The average molecular weight is 428 g/mol. The van der Waals surface area contributed by atoms with Gasteiger partial charge in [-0.2, -0.15) is 5.10 Å². The molecule has 4 rings (SSSR count). The van der Waals surface area contributed by atoms with Gasteiger partial charge in [0.2, 0.25) is 0 Å². The number of aromatic amines is 1. The van der Waals surface area contributed by atoms with E-state index in [1.54, 1.807) is 19.9 Å². The third-order valence-electron chi connectivity index (χ3n) is 5.83. The molecule has 2 saturated heterocycles. The zero-order valence-corrected chi connectivity index (χ0v) is 17.5. The van der Waals surface area contributed by atoms with E-state index in [2.05, 4.69) is 15.1 Å². The minimum Gasteiger partial charge on any atom is -0.507 e. The van der Waals surface area contributed by atoms with Gasteiger partial charge >= 0.3 is 0 Å². The van der Waals surface area contributed by atoms with Crippen LogP contribution in [-0.4, -0.2) is 76.2 Å². The second-order valence-electron chi connectivity index (χ2n) is 7.81. The van der Waals surface area contributed by atoms with Crippen molar-refractivity contribution in [1.82, 2.24) is 20.0 Å². The van der Waals surface area contributed by atoms with Gasteiger partial charge < -0.3 is 14.7 Å². The Bertz CT molecular complexity index is 1020. The van der Waals surface area contributed by atoms with Crippen LogP contribution in [0.4, 0.5) is 4.39 Å². The number of carbonyl (C=O) groups is 2. The molecule has 9 heteroatoms. The van der Waals surface area contributed by atoms with Gasteiger partial charge in [0.05, 0.1) is 36.1 Å². The third-order valence-corrected chi connectivity index (χ3v) is 5.83. The van der Waals surface area contributed by atoms with Crippen molar-refractivity contribution < 1.29 is 23.8 Å². The van der Waals surface area contributed by atoms with Crippen LogP contribution < -0.4 is 0 Å². The molecule has 31 heavy (non-hydrogen) atoms. The van der Waals surface area contributed by atoms with Gasteiger partial charge in [-0.05, 0) is 31.5 Å². The highest BCUT2D eigenvalue weighted by Crippen LogP contribution is 2.40. The van der Waals surface area contributed by atoms with Gasteiger partial charge in [0.15, 0.2) is 0 Å². The van der Waals surface area contributed by atoms with Crippen LogP contribution >= 0.6 is 0 Å². The highest BCUT2D eigenvalue weighted by Gasteiger charge is 2.46. The Hall–Kier alpha value is -3.04. The van der Waals surface area contributed by atoms with Crippen LogP contribution in [-0.2, 0) is 14.3 Å². The number of hydrogen-bond acceptors (Lipinski definition) is 6. The number of rotatable bonds is 5. The fraction of sp³-hybridized carbons (Fsp3) is 0.409. The summed E-state index contributed by atoms with van der Waals surface area (Å²) in [4.78, 5) is 29.6. The molecule has 0 bridgehead atoms. The second kappa shape index (κ2) is 8.60. The van der Waals surface area contributed by atoms with Crippen molar-refractivity contribution in [2.45, 2.75) is 19.9 Å². The first kappa shape index (κ1) is 21.2. The Morgan fingerprint density at radius 3 is 2.65 bits per heavy atom. The van der Waals surface area contributed by atoms with Gasteiger partial charge in [-0.25, -0.2) is 4.39 Å². The Morgan fingerprint density at radius 2 is 2.00 bits per heavy atom. The van der Waals surface area contributed by atoms with E-state index >= 15 is 0 Å². The van der Waals surface area contributed by atoms with Gasteiger partial charge in [0, 0.05) is 31.9 Å². The number of aliphatic hydroxyl groups excluding tert-OH is 1. The van der Waals surface area contributed by atoms with Gasteiger partial charge in [-0.1, -0.05) is 12.1 Å². The van der Waals surface area contributed by atoms with Crippen molar-refractivity contribution in [3.05, 3.63) is 58.2 Å². The number of likely N-dealkylation sites (tertiary alicyclic amines) is 1. The van der Waals surface area contributed by atoms with Crippen molar-refractivity contribution in [2.75, 3.05) is 39.4 Å². The zero-order chi connectivity index (χ0) is 22.1. The molecule has 164 valence electrons. The maximum absolute atomic E-state index is 14.0. The van der Waals surface area contributed by atoms with Crippen LogP contribution in [0.1, 0.15) is 28.6 Å². The third kappa shape index (κ3) is 3.98. The molecular formula is C22H25FN4O4. The lowest BCUT2D eigenvalue weighted by atomic mass is 9.94. The molecule has 0 aliphatic carbocycles. The molecule has 2 aliphatic heterocycles. The summed E-state index contributed by atoms with van der Waals surface area (Å²) in [6.07, 6.45) is 0. The number of morpholine rings is 1. The van der Waals surface area contributed by atoms with Crippen molar-refractivity contribution in [2.24, 2.45) is 0 Å². The maximum atomic E-state index is 14.0. The van der Waals surface area contributed by atoms with Crippen molar-refractivity contribution in [3.8, 4) is 0 Å². The minimum absolute atomic E-state index is 0.0508. The van der Waals surface area contributed by atoms with Crippen LogP contribution in [0.15, 0.2) is 29.8 Å². The van der Waals surface area contributed by atoms with Gasteiger partial charge in [0.1, 0.15) is 11.6 Å². The minimum atomic E-state index is -0.884. The molecule has 0 saturated carbocycles. The summed E-state index contributed by atoms with van der Waals surface area (Å²) in [5.41, 5.74) is 1.85. The Morgan fingerprint density at radius 1 is 1.26 bits per heavy atom. The lowest BCUT2D eigenvalue weighted by Crippen LogP contribution is -2.42. The highest BCUT2D eigenvalue weighted by atomic mass is 19.1. The molecule has 0 unspecified atom stereocenters. The van der Waals surface area contributed by atoms with Crippen molar-refractivity contribution >= 4 is 17.4 Å². The van der Waals surface area contributed by atoms with E-state index in [1.165, 1.54) is 23.1 Å². The summed E-state index contributed by atoms with van der Waals surface area (Å²) < 4.78 is 19.4. The molecule has 1 atom stereocenters. The fourth-order valence-corrected chi connectivity index (χ4v) is 4.24. The monoisotopic (exact) mass is 428 g/mol. The quantitative estimate of drug-likeness (QED) is 0.429. The molecular weight excluding hydrogens is 403 g/mol. The SMILES string of the molecule is Cc1n[nH]c(C)c1/C(O)=C1\C(=O)C(=O)N(CCN2CCOCC2)[C@@H]1c1cccc(F)c1.